The largest absolute Gasteiger partial charge is 0.491 e. The van der Waals surface area contributed by atoms with Gasteiger partial charge in [0, 0.05) is 18.7 Å². The van der Waals surface area contributed by atoms with Gasteiger partial charge in [0.05, 0.1) is 11.0 Å². The number of amides is 1. The van der Waals surface area contributed by atoms with E-state index >= 15 is 0 Å². The molecule has 2 aromatic rings. The number of ether oxygens (including phenoxy) is 1. The third-order valence-corrected chi connectivity index (χ3v) is 5.66. The second kappa shape index (κ2) is 9.41. The summed E-state index contributed by atoms with van der Waals surface area (Å²) in [6.07, 6.45) is 0.108. The molecule has 0 bridgehead atoms. The Balaban J connectivity index is 1.85. The Bertz CT molecular complexity index is 913. The zero-order chi connectivity index (χ0) is 21.7. The number of rotatable bonds is 8. The van der Waals surface area contributed by atoms with Gasteiger partial charge in [-0.3, -0.25) is 4.79 Å². The normalized spacial score (nSPS) is 12.1. The Labute approximate surface area is 173 Å². The van der Waals surface area contributed by atoms with E-state index in [9.17, 15) is 13.2 Å². The van der Waals surface area contributed by atoms with Crippen molar-refractivity contribution >= 4 is 21.6 Å². The average Bonchev–Trinajstić information content (AvgIpc) is 2.62. The molecule has 0 saturated heterocycles. The molecule has 0 heterocycles. The summed E-state index contributed by atoms with van der Waals surface area (Å²) in [6, 6.07) is 13.8. The van der Waals surface area contributed by atoms with Gasteiger partial charge < -0.3 is 10.1 Å². The van der Waals surface area contributed by atoms with Crippen LogP contribution >= 0.6 is 0 Å². The molecular formula is C22H30N2O4S. The van der Waals surface area contributed by atoms with E-state index < -0.39 is 10.0 Å². The number of sulfonamides is 1. The van der Waals surface area contributed by atoms with Crippen molar-refractivity contribution in [3.8, 4) is 5.75 Å². The number of carbonyl (C=O) groups excluding carboxylic acids is 1. The lowest BCUT2D eigenvalue weighted by Crippen LogP contribution is -2.28. The highest BCUT2D eigenvalue weighted by Gasteiger charge is 2.17. The number of hydrogen-bond acceptors (Lipinski definition) is 4. The molecule has 2 rings (SSSR count). The molecule has 0 spiro atoms. The molecule has 0 aliphatic heterocycles. The fourth-order valence-corrected chi connectivity index (χ4v) is 3.66. The summed E-state index contributed by atoms with van der Waals surface area (Å²) < 4.78 is 32.8. The number of benzene rings is 2. The lowest BCUT2D eigenvalue weighted by molar-refractivity contribution is -0.116. The number of anilines is 1. The molecule has 0 aromatic heterocycles. The van der Waals surface area contributed by atoms with Crippen molar-refractivity contribution < 1.29 is 17.9 Å². The quantitative estimate of drug-likeness (QED) is 0.677. The van der Waals surface area contributed by atoms with Crippen molar-refractivity contribution in [1.29, 1.82) is 0 Å². The van der Waals surface area contributed by atoms with Gasteiger partial charge in [-0.1, -0.05) is 32.9 Å². The second-order valence-electron chi connectivity index (χ2n) is 8.16. The number of carbonyl (C=O) groups is 1. The molecule has 29 heavy (non-hydrogen) atoms. The zero-order valence-corrected chi connectivity index (χ0v) is 18.5. The topological polar surface area (TPSA) is 84.5 Å². The molecule has 0 aliphatic carbocycles. The molecule has 1 amide bonds. The minimum atomic E-state index is -3.65. The molecule has 7 heteroatoms. The summed E-state index contributed by atoms with van der Waals surface area (Å²) >= 11 is 0. The zero-order valence-electron chi connectivity index (χ0n) is 17.7. The Kier molecular flexibility index (Phi) is 7.43. The smallest absolute Gasteiger partial charge is 0.240 e. The Morgan fingerprint density at radius 2 is 1.59 bits per heavy atom. The van der Waals surface area contributed by atoms with Gasteiger partial charge in [0.1, 0.15) is 5.75 Å². The Morgan fingerprint density at radius 1 is 1.00 bits per heavy atom. The van der Waals surface area contributed by atoms with Crippen LogP contribution in [-0.2, 0) is 20.2 Å². The van der Waals surface area contributed by atoms with Crippen LogP contribution < -0.4 is 14.8 Å². The first kappa shape index (κ1) is 22.9. The summed E-state index contributed by atoms with van der Waals surface area (Å²) in [7, 11) is -3.65. The molecule has 6 nitrogen and oxygen atoms in total. The predicted octanol–water partition coefficient (Wildman–Crippen LogP) is 4.08. The molecule has 0 aliphatic rings. The van der Waals surface area contributed by atoms with Gasteiger partial charge in [0.25, 0.3) is 0 Å². The minimum absolute atomic E-state index is 0.0176. The molecule has 2 N–H and O–H groups in total. The summed E-state index contributed by atoms with van der Waals surface area (Å²) in [5.74, 6) is 0.455. The van der Waals surface area contributed by atoms with Gasteiger partial charge in [-0.25, -0.2) is 13.1 Å². The lowest BCUT2D eigenvalue weighted by Gasteiger charge is -2.19. The van der Waals surface area contributed by atoms with Crippen LogP contribution in [0.4, 0.5) is 5.69 Å². The second-order valence-corrected chi connectivity index (χ2v) is 9.93. The van der Waals surface area contributed by atoms with E-state index in [-0.39, 0.29) is 35.3 Å². The molecule has 0 unspecified atom stereocenters. The molecule has 2 aromatic carbocycles. The van der Waals surface area contributed by atoms with Crippen LogP contribution in [0.1, 0.15) is 46.6 Å². The van der Waals surface area contributed by atoms with E-state index in [1.54, 1.807) is 36.4 Å². The first-order valence-electron chi connectivity index (χ1n) is 9.64. The van der Waals surface area contributed by atoms with Crippen molar-refractivity contribution in [2.75, 3.05) is 11.9 Å². The van der Waals surface area contributed by atoms with Gasteiger partial charge in [0.15, 0.2) is 0 Å². The molecular weight excluding hydrogens is 388 g/mol. The van der Waals surface area contributed by atoms with Gasteiger partial charge >= 0.3 is 0 Å². The van der Waals surface area contributed by atoms with Gasteiger partial charge in [-0.2, -0.15) is 0 Å². The highest BCUT2D eigenvalue weighted by Crippen LogP contribution is 2.23. The maximum absolute atomic E-state index is 12.4. The van der Waals surface area contributed by atoms with E-state index in [0.29, 0.717) is 5.69 Å². The standard InChI is InChI=1S/C22H30N2O4S/c1-16(2)28-19-10-8-18(9-11-19)24-21(25)14-15-23-29(26,27)20-12-6-17(7-13-20)22(3,4)5/h6-13,16,23H,14-15H2,1-5H3,(H,24,25). The first-order valence-corrected chi connectivity index (χ1v) is 11.1. The number of hydrogen-bond donors (Lipinski definition) is 2. The van der Waals surface area contributed by atoms with E-state index in [1.165, 1.54) is 0 Å². The van der Waals surface area contributed by atoms with Crippen molar-refractivity contribution in [3.63, 3.8) is 0 Å². The minimum Gasteiger partial charge on any atom is -0.491 e. The summed E-state index contributed by atoms with van der Waals surface area (Å²) in [5.41, 5.74) is 1.64. The number of nitrogens with one attached hydrogen (secondary N) is 2. The van der Waals surface area contributed by atoms with Gasteiger partial charge in [0.2, 0.25) is 15.9 Å². The summed E-state index contributed by atoms with van der Waals surface area (Å²) in [6.45, 7) is 10.1. The van der Waals surface area contributed by atoms with Crippen LogP contribution in [0.2, 0.25) is 0 Å². The highest BCUT2D eigenvalue weighted by molar-refractivity contribution is 7.89. The molecule has 0 saturated carbocycles. The van der Waals surface area contributed by atoms with Crippen molar-refractivity contribution in [2.45, 2.75) is 57.5 Å². The Hall–Kier alpha value is -2.38. The van der Waals surface area contributed by atoms with Crippen molar-refractivity contribution in [1.82, 2.24) is 4.72 Å². The van der Waals surface area contributed by atoms with E-state index in [2.05, 4.69) is 30.8 Å². The SMILES string of the molecule is CC(C)Oc1ccc(NC(=O)CCNS(=O)(=O)c2ccc(C(C)(C)C)cc2)cc1. The third kappa shape index (κ3) is 7.18. The van der Waals surface area contributed by atoms with Crippen LogP contribution in [0, 0.1) is 0 Å². The third-order valence-electron chi connectivity index (χ3n) is 4.18. The maximum Gasteiger partial charge on any atom is 0.240 e. The maximum atomic E-state index is 12.4. The lowest BCUT2D eigenvalue weighted by atomic mass is 9.87. The van der Waals surface area contributed by atoms with E-state index in [1.807, 2.05) is 26.0 Å². The van der Waals surface area contributed by atoms with Crippen molar-refractivity contribution in [3.05, 3.63) is 54.1 Å². The molecule has 0 atom stereocenters. The van der Waals surface area contributed by atoms with Crippen LogP contribution in [0.25, 0.3) is 0 Å². The van der Waals surface area contributed by atoms with E-state index in [4.69, 9.17) is 4.74 Å². The Morgan fingerprint density at radius 3 is 2.10 bits per heavy atom. The van der Waals surface area contributed by atoms with Crippen LogP contribution in [0.3, 0.4) is 0 Å². The van der Waals surface area contributed by atoms with Gasteiger partial charge in [-0.15, -0.1) is 0 Å². The van der Waals surface area contributed by atoms with Crippen LogP contribution in [0.15, 0.2) is 53.4 Å². The van der Waals surface area contributed by atoms with Gasteiger partial charge in [-0.05, 0) is 61.2 Å². The predicted molar refractivity (Wildman–Crippen MR) is 116 cm³/mol. The summed E-state index contributed by atoms with van der Waals surface area (Å²) in [4.78, 5) is 12.3. The fraction of sp³-hybridized carbons (Fsp3) is 0.409. The average molecular weight is 419 g/mol. The van der Waals surface area contributed by atoms with Crippen LogP contribution in [0.5, 0.6) is 5.75 Å². The first-order chi connectivity index (χ1) is 13.5. The highest BCUT2D eigenvalue weighted by atomic mass is 32.2. The van der Waals surface area contributed by atoms with E-state index in [0.717, 1.165) is 11.3 Å². The summed E-state index contributed by atoms with van der Waals surface area (Å²) in [5, 5.41) is 2.74. The molecule has 0 fully saturated rings. The molecule has 0 radical (unpaired) electrons. The monoisotopic (exact) mass is 418 g/mol. The fourth-order valence-electron chi connectivity index (χ4n) is 2.63. The van der Waals surface area contributed by atoms with Crippen LogP contribution in [-0.4, -0.2) is 27.0 Å². The van der Waals surface area contributed by atoms with Crippen molar-refractivity contribution in [2.24, 2.45) is 0 Å². The molecule has 158 valence electrons.